The van der Waals surface area contributed by atoms with E-state index in [0.717, 1.165) is 24.3 Å². The molecule has 0 heterocycles. The highest BCUT2D eigenvalue weighted by Crippen LogP contribution is 2.29. The molecule has 1 amide bonds. The first-order valence-electron chi connectivity index (χ1n) is 8.32. The summed E-state index contributed by atoms with van der Waals surface area (Å²) < 4.78 is 0. The topological polar surface area (TPSA) is 65.5 Å². The second-order valence-corrected chi connectivity index (χ2v) is 6.24. The average Bonchev–Trinajstić information content (AvgIpc) is 2.44. The molecule has 0 aromatic heterocycles. The van der Waals surface area contributed by atoms with Gasteiger partial charge >= 0.3 is 0 Å². The molecule has 0 aromatic rings. The van der Waals surface area contributed by atoms with Gasteiger partial charge in [0, 0.05) is 26.1 Å². The Labute approximate surface area is 152 Å². The van der Waals surface area contributed by atoms with Gasteiger partial charge < -0.3 is 16.0 Å². The summed E-state index contributed by atoms with van der Waals surface area (Å²) in [4.78, 5) is 15.3. The van der Waals surface area contributed by atoms with Gasteiger partial charge in [0.2, 0.25) is 5.91 Å². The average molecular weight is 424 g/mol. The lowest BCUT2D eigenvalue weighted by molar-refractivity contribution is -0.118. The summed E-state index contributed by atoms with van der Waals surface area (Å²) in [5.41, 5.74) is 0. The molecule has 0 unspecified atom stereocenters. The van der Waals surface area contributed by atoms with Crippen LogP contribution >= 0.6 is 24.0 Å². The van der Waals surface area contributed by atoms with Crippen LogP contribution in [0.25, 0.3) is 0 Å². The first kappa shape index (κ1) is 21.5. The van der Waals surface area contributed by atoms with Gasteiger partial charge in [-0.3, -0.25) is 9.79 Å². The van der Waals surface area contributed by atoms with Crippen molar-refractivity contribution in [1.82, 2.24) is 16.0 Å². The first-order chi connectivity index (χ1) is 10.0. The molecule has 1 aliphatic rings. The molecule has 1 fully saturated rings. The molecule has 0 atom stereocenters. The molecule has 0 radical (unpaired) electrons. The number of amides is 1. The molecule has 3 N–H and O–H groups in total. The Balaban J connectivity index is 0.00000441. The Morgan fingerprint density at radius 2 is 1.82 bits per heavy atom. The molecule has 1 rings (SSSR count). The molecular formula is C16H33IN4O. The van der Waals surface area contributed by atoms with Gasteiger partial charge in [0.15, 0.2) is 5.96 Å². The Hall–Kier alpha value is -0.530. The number of guanidine groups is 1. The number of aliphatic imine (C=N–C) groups is 1. The number of hydrogen-bond acceptors (Lipinski definition) is 2. The summed E-state index contributed by atoms with van der Waals surface area (Å²) in [6.07, 6.45) is 5.05. The minimum atomic E-state index is -0.00447. The Morgan fingerprint density at radius 1 is 1.18 bits per heavy atom. The fourth-order valence-electron chi connectivity index (χ4n) is 2.84. The van der Waals surface area contributed by atoms with Gasteiger partial charge in [-0.1, -0.05) is 13.8 Å². The Kier molecular flexibility index (Phi) is 11.7. The molecule has 6 heteroatoms. The lowest BCUT2D eigenvalue weighted by Crippen LogP contribution is -2.45. The highest BCUT2D eigenvalue weighted by Gasteiger charge is 2.23. The molecule has 0 saturated heterocycles. The zero-order valence-corrected chi connectivity index (χ0v) is 16.8. The van der Waals surface area contributed by atoms with E-state index in [4.69, 9.17) is 0 Å². The normalized spacial score (nSPS) is 22.0. The minimum Gasteiger partial charge on any atom is -0.357 e. The summed E-state index contributed by atoms with van der Waals surface area (Å²) in [6.45, 7) is 10.3. The van der Waals surface area contributed by atoms with Crippen molar-refractivity contribution in [1.29, 1.82) is 0 Å². The summed E-state index contributed by atoms with van der Waals surface area (Å²) in [7, 11) is 0. The molecule has 130 valence electrons. The van der Waals surface area contributed by atoms with Crippen LogP contribution < -0.4 is 16.0 Å². The first-order valence-corrected chi connectivity index (χ1v) is 8.32. The van der Waals surface area contributed by atoms with Gasteiger partial charge in [-0.05, 0) is 44.4 Å². The van der Waals surface area contributed by atoms with Gasteiger partial charge in [0.25, 0.3) is 0 Å². The van der Waals surface area contributed by atoms with Crippen molar-refractivity contribution in [2.24, 2.45) is 16.8 Å². The molecule has 0 bridgehead atoms. The Morgan fingerprint density at radius 3 is 2.32 bits per heavy atom. The lowest BCUT2D eigenvalue weighted by atomic mass is 9.80. The molecule has 5 nitrogen and oxygen atoms in total. The van der Waals surface area contributed by atoms with E-state index < -0.39 is 0 Å². The molecule has 0 aliphatic heterocycles. The number of hydrogen-bond donors (Lipinski definition) is 3. The standard InChI is InChI=1S/C16H32N4O.HI/c1-5-17-16(19-11-10-18-13(4)21)20-15-8-6-14(7-9-15)12(2)3;/h12,14-15H,5-11H2,1-4H3,(H,18,21)(H2,17,19,20);1H. The van der Waals surface area contributed by atoms with Gasteiger partial charge in [-0.15, -0.1) is 24.0 Å². The summed E-state index contributed by atoms with van der Waals surface area (Å²) in [6, 6.07) is 0.526. The number of halogens is 1. The summed E-state index contributed by atoms with van der Waals surface area (Å²) in [5.74, 6) is 2.54. The van der Waals surface area contributed by atoms with Crippen molar-refractivity contribution in [2.45, 2.75) is 59.4 Å². The minimum absolute atomic E-state index is 0. The van der Waals surface area contributed by atoms with Crippen LogP contribution in [0, 0.1) is 11.8 Å². The fourth-order valence-corrected chi connectivity index (χ4v) is 2.84. The van der Waals surface area contributed by atoms with E-state index in [2.05, 4.69) is 41.7 Å². The highest BCUT2D eigenvalue weighted by molar-refractivity contribution is 14.0. The fraction of sp³-hybridized carbons (Fsp3) is 0.875. The molecule has 0 aromatic carbocycles. The third-order valence-corrected chi connectivity index (χ3v) is 4.16. The van der Waals surface area contributed by atoms with E-state index in [9.17, 15) is 4.79 Å². The predicted molar refractivity (Wildman–Crippen MR) is 104 cm³/mol. The van der Waals surface area contributed by atoms with E-state index in [-0.39, 0.29) is 29.9 Å². The van der Waals surface area contributed by atoms with Crippen LogP contribution in [0.3, 0.4) is 0 Å². The maximum Gasteiger partial charge on any atom is 0.216 e. The van der Waals surface area contributed by atoms with Crippen molar-refractivity contribution >= 4 is 35.8 Å². The summed E-state index contributed by atoms with van der Waals surface area (Å²) >= 11 is 0. The van der Waals surface area contributed by atoms with E-state index in [1.54, 1.807) is 0 Å². The maximum atomic E-state index is 10.8. The molecule has 22 heavy (non-hydrogen) atoms. The van der Waals surface area contributed by atoms with E-state index >= 15 is 0 Å². The van der Waals surface area contributed by atoms with Gasteiger partial charge in [-0.25, -0.2) is 0 Å². The third-order valence-electron chi connectivity index (χ3n) is 4.16. The van der Waals surface area contributed by atoms with Crippen LogP contribution in [0.15, 0.2) is 4.99 Å². The second kappa shape index (κ2) is 12.0. The number of nitrogens with zero attached hydrogens (tertiary/aromatic N) is 1. The van der Waals surface area contributed by atoms with Crippen LogP contribution in [0.1, 0.15) is 53.4 Å². The SMILES string of the molecule is CCNC(=NCCNC(C)=O)NC1CCC(C(C)C)CC1.I. The van der Waals surface area contributed by atoms with Crippen molar-refractivity contribution in [2.75, 3.05) is 19.6 Å². The number of carbonyl (C=O) groups is 1. The zero-order valence-electron chi connectivity index (χ0n) is 14.4. The second-order valence-electron chi connectivity index (χ2n) is 6.24. The molecule has 0 spiro atoms. The highest BCUT2D eigenvalue weighted by atomic mass is 127. The largest absolute Gasteiger partial charge is 0.357 e. The van der Waals surface area contributed by atoms with Gasteiger partial charge in [-0.2, -0.15) is 0 Å². The van der Waals surface area contributed by atoms with E-state index in [0.29, 0.717) is 19.1 Å². The predicted octanol–water partition coefficient (Wildman–Crippen LogP) is 2.51. The maximum absolute atomic E-state index is 10.8. The zero-order chi connectivity index (χ0) is 15.7. The van der Waals surface area contributed by atoms with Crippen molar-refractivity contribution in [3.8, 4) is 0 Å². The summed E-state index contributed by atoms with van der Waals surface area (Å²) in [5, 5.41) is 9.57. The van der Waals surface area contributed by atoms with Crippen LogP contribution in [0.5, 0.6) is 0 Å². The van der Waals surface area contributed by atoms with Crippen molar-refractivity contribution in [3.63, 3.8) is 0 Å². The molecular weight excluding hydrogens is 391 g/mol. The Bertz CT molecular complexity index is 339. The third kappa shape index (κ3) is 8.80. The van der Waals surface area contributed by atoms with Gasteiger partial charge in [0.05, 0.1) is 6.54 Å². The number of carbonyl (C=O) groups excluding carboxylic acids is 1. The molecule has 1 saturated carbocycles. The van der Waals surface area contributed by atoms with Crippen molar-refractivity contribution < 1.29 is 4.79 Å². The van der Waals surface area contributed by atoms with Crippen LogP contribution in [0.2, 0.25) is 0 Å². The molecule has 1 aliphatic carbocycles. The van der Waals surface area contributed by atoms with Crippen LogP contribution in [-0.2, 0) is 4.79 Å². The van der Waals surface area contributed by atoms with E-state index in [1.165, 1.54) is 32.6 Å². The lowest BCUT2D eigenvalue weighted by Gasteiger charge is -2.32. The van der Waals surface area contributed by atoms with Gasteiger partial charge in [0.1, 0.15) is 0 Å². The quantitative estimate of drug-likeness (QED) is 0.266. The van der Waals surface area contributed by atoms with Crippen molar-refractivity contribution in [3.05, 3.63) is 0 Å². The number of rotatable bonds is 6. The van der Waals surface area contributed by atoms with Crippen LogP contribution in [0.4, 0.5) is 0 Å². The van der Waals surface area contributed by atoms with E-state index in [1.807, 2.05) is 0 Å². The smallest absolute Gasteiger partial charge is 0.216 e. The monoisotopic (exact) mass is 424 g/mol. The number of nitrogens with one attached hydrogen (secondary N) is 3. The van der Waals surface area contributed by atoms with Crippen LogP contribution in [-0.4, -0.2) is 37.5 Å².